The molecule has 5 heteroatoms. The van der Waals surface area contributed by atoms with Gasteiger partial charge in [-0.25, -0.2) is 4.98 Å². The van der Waals surface area contributed by atoms with Gasteiger partial charge in [0, 0.05) is 31.5 Å². The van der Waals surface area contributed by atoms with E-state index in [0.717, 1.165) is 44.2 Å². The van der Waals surface area contributed by atoms with Gasteiger partial charge in [-0.1, -0.05) is 0 Å². The van der Waals surface area contributed by atoms with Gasteiger partial charge in [-0.05, 0) is 12.1 Å². The van der Waals surface area contributed by atoms with Gasteiger partial charge in [0.2, 0.25) is 0 Å². The van der Waals surface area contributed by atoms with Crippen molar-refractivity contribution in [3.8, 4) is 0 Å². The normalized spacial score (nSPS) is 17.6. The molecular formula is C12H16N4O. The largest absolute Gasteiger partial charge is 0.398 e. The first-order valence-electron chi connectivity index (χ1n) is 5.84. The Balaban J connectivity index is 1.86. The molecule has 2 N–H and O–H groups in total. The molecule has 0 aliphatic carbocycles. The van der Waals surface area contributed by atoms with Gasteiger partial charge in [-0.3, -0.25) is 4.90 Å². The fourth-order valence-electron chi connectivity index (χ4n) is 2.15. The Kier molecular flexibility index (Phi) is 2.70. The highest BCUT2D eigenvalue weighted by Crippen LogP contribution is 2.12. The minimum Gasteiger partial charge on any atom is -0.398 e. The molecule has 0 bridgehead atoms. The van der Waals surface area contributed by atoms with Crippen molar-refractivity contribution in [2.75, 3.05) is 32.0 Å². The van der Waals surface area contributed by atoms with Gasteiger partial charge in [-0.15, -0.1) is 0 Å². The van der Waals surface area contributed by atoms with Gasteiger partial charge < -0.3 is 14.9 Å². The van der Waals surface area contributed by atoms with Crippen LogP contribution in [-0.2, 0) is 11.3 Å². The fraction of sp³-hybridized carbons (Fsp3) is 0.417. The molecule has 2 aromatic rings. The van der Waals surface area contributed by atoms with Crippen LogP contribution in [0.5, 0.6) is 0 Å². The van der Waals surface area contributed by atoms with Crippen molar-refractivity contribution in [1.82, 2.24) is 14.3 Å². The Morgan fingerprint density at radius 2 is 2.12 bits per heavy atom. The maximum absolute atomic E-state index is 5.80. The minimum atomic E-state index is 0.763. The van der Waals surface area contributed by atoms with Crippen LogP contribution in [0, 0.1) is 0 Å². The molecule has 3 heterocycles. The third-order valence-corrected chi connectivity index (χ3v) is 3.09. The number of rotatable bonds is 2. The van der Waals surface area contributed by atoms with Crippen LogP contribution in [-0.4, -0.2) is 40.6 Å². The monoisotopic (exact) mass is 232 g/mol. The van der Waals surface area contributed by atoms with Crippen LogP contribution in [0.2, 0.25) is 0 Å². The molecule has 1 saturated heterocycles. The molecule has 17 heavy (non-hydrogen) atoms. The Morgan fingerprint density at radius 1 is 1.29 bits per heavy atom. The van der Waals surface area contributed by atoms with E-state index >= 15 is 0 Å². The SMILES string of the molecule is Nc1ccc2ncc(CN3CCOCC3)n2c1. The zero-order valence-electron chi connectivity index (χ0n) is 9.67. The number of ether oxygens (including phenoxy) is 1. The first kappa shape index (κ1) is 10.6. The van der Waals surface area contributed by atoms with Gasteiger partial charge in [0.1, 0.15) is 5.65 Å². The number of imidazole rings is 1. The maximum atomic E-state index is 5.80. The molecular weight excluding hydrogens is 216 g/mol. The fourth-order valence-corrected chi connectivity index (χ4v) is 2.15. The van der Waals surface area contributed by atoms with Crippen molar-refractivity contribution < 1.29 is 4.74 Å². The summed E-state index contributed by atoms with van der Waals surface area (Å²) in [5.41, 5.74) is 8.69. The number of aromatic nitrogens is 2. The standard InChI is InChI=1S/C12H16N4O/c13-10-1-2-12-14-7-11(16(12)8-10)9-15-3-5-17-6-4-15/h1-2,7-8H,3-6,9,13H2. The van der Waals surface area contributed by atoms with E-state index in [1.165, 1.54) is 5.69 Å². The molecule has 5 nitrogen and oxygen atoms in total. The molecule has 0 radical (unpaired) electrons. The average molecular weight is 232 g/mol. The van der Waals surface area contributed by atoms with Crippen molar-refractivity contribution in [2.45, 2.75) is 6.54 Å². The van der Waals surface area contributed by atoms with E-state index in [1.807, 2.05) is 24.5 Å². The van der Waals surface area contributed by atoms with Crippen LogP contribution >= 0.6 is 0 Å². The second-order valence-corrected chi connectivity index (χ2v) is 4.33. The molecule has 0 aromatic carbocycles. The molecule has 1 aliphatic heterocycles. The molecule has 0 saturated carbocycles. The van der Waals surface area contributed by atoms with E-state index < -0.39 is 0 Å². The summed E-state index contributed by atoms with van der Waals surface area (Å²) in [6, 6.07) is 3.82. The minimum absolute atomic E-state index is 0.763. The summed E-state index contributed by atoms with van der Waals surface area (Å²) in [7, 11) is 0. The zero-order chi connectivity index (χ0) is 11.7. The van der Waals surface area contributed by atoms with Crippen LogP contribution in [0.1, 0.15) is 5.69 Å². The molecule has 0 unspecified atom stereocenters. The number of hydrogen-bond acceptors (Lipinski definition) is 4. The van der Waals surface area contributed by atoms with Crippen molar-refractivity contribution in [3.63, 3.8) is 0 Å². The summed E-state index contributed by atoms with van der Waals surface area (Å²) in [6.45, 7) is 4.50. The highest BCUT2D eigenvalue weighted by Gasteiger charge is 2.13. The molecule has 3 rings (SSSR count). The van der Waals surface area contributed by atoms with E-state index in [9.17, 15) is 0 Å². The Hall–Kier alpha value is -1.59. The van der Waals surface area contributed by atoms with Gasteiger partial charge in [0.15, 0.2) is 0 Å². The Bertz CT molecular complexity index is 516. The summed E-state index contributed by atoms with van der Waals surface area (Å²) in [4.78, 5) is 6.75. The quantitative estimate of drug-likeness (QED) is 0.830. The lowest BCUT2D eigenvalue weighted by Gasteiger charge is -2.26. The third kappa shape index (κ3) is 2.11. The van der Waals surface area contributed by atoms with E-state index in [0.29, 0.717) is 0 Å². The van der Waals surface area contributed by atoms with Crippen molar-refractivity contribution in [1.29, 1.82) is 0 Å². The lowest BCUT2D eigenvalue weighted by atomic mass is 10.3. The van der Waals surface area contributed by atoms with Crippen LogP contribution in [0.25, 0.3) is 5.65 Å². The molecule has 0 amide bonds. The van der Waals surface area contributed by atoms with Crippen molar-refractivity contribution >= 4 is 11.3 Å². The molecule has 2 aromatic heterocycles. The number of nitrogens with two attached hydrogens (primary N) is 1. The maximum Gasteiger partial charge on any atom is 0.137 e. The molecule has 1 aliphatic rings. The first-order chi connectivity index (χ1) is 8.33. The average Bonchev–Trinajstić information content (AvgIpc) is 2.73. The first-order valence-corrected chi connectivity index (χ1v) is 5.84. The van der Waals surface area contributed by atoms with E-state index in [-0.39, 0.29) is 0 Å². The number of fused-ring (bicyclic) bond motifs is 1. The summed E-state index contributed by atoms with van der Waals surface area (Å²) < 4.78 is 7.40. The molecule has 1 fully saturated rings. The Morgan fingerprint density at radius 3 is 2.94 bits per heavy atom. The lowest BCUT2D eigenvalue weighted by Crippen LogP contribution is -2.35. The third-order valence-electron chi connectivity index (χ3n) is 3.09. The van der Waals surface area contributed by atoms with Crippen LogP contribution in [0.3, 0.4) is 0 Å². The van der Waals surface area contributed by atoms with E-state index in [1.54, 1.807) is 0 Å². The zero-order valence-corrected chi connectivity index (χ0v) is 9.67. The van der Waals surface area contributed by atoms with E-state index in [2.05, 4.69) is 14.3 Å². The summed E-state index contributed by atoms with van der Waals surface area (Å²) in [6.07, 6.45) is 3.85. The number of nitrogens with zero attached hydrogens (tertiary/aromatic N) is 3. The molecule has 0 atom stereocenters. The predicted octanol–water partition coefficient (Wildman–Crippen LogP) is 0.749. The highest BCUT2D eigenvalue weighted by molar-refractivity contribution is 5.48. The number of nitrogen functional groups attached to an aromatic ring is 1. The van der Waals surface area contributed by atoms with Crippen LogP contribution < -0.4 is 5.73 Å². The van der Waals surface area contributed by atoms with Crippen molar-refractivity contribution in [2.24, 2.45) is 0 Å². The lowest BCUT2D eigenvalue weighted by molar-refractivity contribution is 0.0335. The summed E-state index contributed by atoms with van der Waals surface area (Å²) in [5, 5.41) is 0. The van der Waals surface area contributed by atoms with Gasteiger partial charge >= 0.3 is 0 Å². The molecule has 0 spiro atoms. The highest BCUT2D eigenvalue weighted by atomic mass is 16.5. The number of anilines is 1. The van der Waals surface area contributed by atoms with Gasteiger partial charge in [0.05, 0.1) is 25.1 Å². The summed E-state index contributed by atoms with van der Waals surface area (Å²) in [5.74, 6) is 0. The second kappa shape index (κ2) is 4.35. The number of pyridine rings is 1. The van der Waals surface area contributed by atoms with Crippen molar-refractivity contribution in [3.05, 3.63) is 30.2 Å². The summed E-state index contributed by atoms with van der Waals surface area (Å²) >= 11 is 0. The number of hydrogen-bond donors (Lipinski definition) is 1. The number of morpholine rings is 1. The second-order valence-electron chi connectivity index (χ2n) is 4.33. The molecule has 90 valence electrons. The van der Waals surface area contributed by atoms with Gasteiger partial charge in [-0.2, -0.15) is 0 Å². The predicted molar refractivity (Wildman–Crippen MR) is 65.7 cm³/mol. The van der Waals surface area contributed by atoms with Crippen LogP contribution in [0.15, 0.2) is 24.5 Å². The Labute approximate surface area is 99.8 Å². The van der Waals surface area contributed by atoms with Gasteiger partial charge in [0.25, 0.3) is 0 Å². The smallest absolute Gasteiger partial charge is 0.137 e. The van der Waals surface area contributed by atoms with E-state index in [4.69, 9.17) is 10.5 Å². The topological polar surface area (TPSA) is 55.8 Å². The van der Waals surface area contributed by atoms with Crippen LogP contribution in [0.4, 0.5) is 5.69 Å².